The Balaban J connectivity index is 1.99. The van der Waals surface area contributed by atoms with Crippen LogP contribution in [0.25, 0.3) is 0 Å². The average Bonchev–Trinajstić information content (AvgIpc) is 2.28. The van der Waals surface area contributed by atoms with E-state index in [-0.39, 0.29) is 0 Å². The van der Waals surface area contributed by atoms with Crippen molar-refractivity contribution in [2.24, 2.45) is 0 Å². The van der Waals surface area contributed by atoms with E-state index in [2.05, 4.69) is 15.9 Å². The van der Waals surface area contributed by atoms with E-state index >= 15 is 0 Å². The summed E-state index contributed by atoms with van der Waals surface area (Å²) < 4.78 is 6.65. The van der Waals surface area contributed by atoms with Crippen molar-refractivity contribution in [3.05, 3.63) is 63.6 Å². The second-order valence-corrected chi connectivity index (χ2v) is 4.72. The zero-order chi connectivity index (χ0) is 11.4. The molecule has 2 aromatic carbocycles. The van der Waals surface area contributed by atoms with Gasteiger partial charge in [-0.15, -0.1) is 0 Å². The minimum atomic E-state index is 0.549. The number of hydrogen-bond donors (Lipinski definition) is 0. The van der Waals surface area contributed by atoms with Gasteiger partial charge in [-0.2, -0.15) is 0 Å². The van der Waals surface area contributed by atoms with E-state index < -0.39 is 0 Å². The number of ether oxygens (including phenoxy) is 1. The van der Waals surface area contributed by atoms with E-state index in [0.29, 0.717) is 6.61 Å². The largest absolute Gasteiger partial charge is 0.489 e. The lowest BCUT2D eigenvalue weighted by atomic mass is 10.2. The zero-order valence-corrected chi connectivity index (χ0v) is 10.8. The number of benzene rings is 2. The quantitative estimate of drug-likeness (QED) is 0.799. The molecule has 0 radical (unpaired) electrons. The minimum absolute atomic E-state index is 0.549. The molecule has 0 unspecified atom stereocenters. The molecular weight excluding hydrogens is 287 g/mol. The summed E-state index contributed by atoms with van der Waals surface area (Å²) in [5.74, 6) is 0.851. The molecule has 0 spiro atoms. The first-order valence-corrected chi connectivity index (χ1v) is 6.04. The lowest BCUT2D eigenvalue weighted by Crippen LogP contribution is -1.94. The van der Waals surface area contributed by atoms with Crippen LogP contribution in [0, 0.1) is 0 Å². The fraction of sp³-hybridized carbons (Fsp3) is 0.0769. The molecule has 0 heterocycles. The first kappa shape index (κ1) is 11.5. The molecule has 0 bridgehead atoms. The molecule has 3 heteroatoms. The van der Waals surface area contributed by atoms with Crippen molar-refractivity contribution in [1.29, 1.82) is 0 Å². The molecule has 0 saturated carbocycles. The Labute approximate surface area is 108 Å². The van der Waals surface area contributed by atoms with Gasteiger partial charge in [0.2, 0.25) is 0 Å². The van der Waals surface area contributed by atoms with E-state index in [1.807, 2.05) is 48.5 Å². The maximum atomic E-state index is 5.80. The standard InChI is InChI=1S/C13H10BrClO/c14-11-2-1-3-13(8-11)16-9-10-4-6-12(15)7-5-10/h1-8H,9H2. The molecule has 2 rings (SSSR count). The van der Waals surface area contributed by atoms with Gasteiger partial charge in [-0.1, -0.05) is 45.7 Å². The second kappa shape index (κ2) is 5.37. The van der Waals surface area contributed by atoms with Gasteiger partial charge in [0, 0.05) is 9.50 Å². The van der Waals surface area contributed by atoms with Crippen LogP contribution in [0.3, 0.4) is 0 Å². The van der Waals surface area contributed by atoms with Crippen LogP contribution in [0.2, 0.25) is 5.02 Å². The van der Waals surface area contributed by atoms with E-state index in [1.165, 1.54) is 0 Å². The summed E-state index contributed by atoms with van der Waals surface area (Å²) in [6.45, 7) is 0.549. The predicted molar refractivity (Wildman–Crippen MR) is 69.9 cm³/mol. The maximum Gasteiger partial charge on any atom is 0.120 e. The summed E-state index contributed by atoms with van der Waals surface area (Å²) in [4.78, 5) is 0. The van der Waals surface area contributed by atoms with Crippen LogP contribution >= 0.6 is 27.5 Å². The molecule has 0 amide bonds. The smallest absolute Gasteiger partial charge is 0.120 e. The molecule has 1 nitrogen and oxygen atoms in total. The Morgan fingerprint density at radius 2 is 1.81 bits per heavy atom. The minimum Gasteiger partial charge on any atom is -0.489 e. The lowest BCUT2D eigenvalue weighted by Gasteiger charge is -2.06. The molecular formula is C13H10BrClO. The Morgan fingerprint density at radius 1 is 1.06 bits per heavy atom. The monoisotopic (exact) mass is 296 g/mol. The van der Waals surface area contributed by atoms with Crippen LogP contribution in [0.1, 0.15) is 5.56 Å². The van der Waals surface area contributed by atoms with Crippen LogP contribution < -0.4 is 4.74 Å². The highest BCUT2D eigenvalue weighted by Crippen LogP contribution is 2.19. The zero-order valence-electron chi connectivity index (χ0n) is 8.49. The van der Waals surface area contributed by atoms with Crippen molar-refractivity contribution in [1.82, 2.24) is 0 Å². The van der Waals surface area contributed by atoms with Crippen molar-refractivity contribution < 1.29 is 4.74 Å². The SMILES string of the molecule is Clc1ccc(COc2cccc(Br)c2)cc1. The van der Waals surface area contributed by atoms with Gasteiger partial charge in [0.15, 0.2) is 0 Å². The number of hydrogen-bond acceptors (Lipinski definition) is 1. The lowest BCUT2D eigenvalue weighted by molar-refractivity contribution is 0.306. The topological polar surface area (TPSA) is 9.23 Å². The van der Waals surface area contributed by atoms with Crippen molar-refractivity contribution >= 4 is 27.5 Å². The van der Waals surface area contributed by atoms with Crippen LogP contribution in [0.5, 0.6) is 5.75 Å². The van der Waals surface area contributed by atoms with E-state index in [4.69, 9.17) is 16.3 Å². The van der Waals surface area contributed by atoms with Crippen LogP contribution in [0.15, 0.2) is 53.0 Å². The molecule has 0 atom stereocenters. The molecule has 0 N–H and O–H groups in total. The average molecular weight is 298 g/mol. The molecule has 0 saturated heterocycles. The fourth-order valence-electron chi connectivity index (χ4n) is 1.30. The first-order valence-electron chi connectivity index (χ1n) is 4.87. The van der Waals surface area contributed by atoms with Gasteiger partial charge in [0.1, 0.15) is 12.4 Å². The maximum absolute atomic E-state index is 5.80. The third kappa shape index (κ3) is 3.26. The molecule has 0 fully saturated rings. The highest BCUT2D eigenvalue weighted by atomic mass is 79.9. The van der Waals surface area contributed by atoms with Crippen molar-refractivity contribution in [3.8, 4) is 5.75 Å². The Morgan fingerprint density at radius 3 is 2.50 bits per heavy atom. The highest BCUT2D eigenvalue weighted by Gasteiger charge is 1.96. The van der Waals surface area contributed by atoms with Gasteiger partial charge < -0.3 is 4.74 Å². The van der Waals surface area contributed by atoms with E-state index in [1.54, 1.807) is 0 Å². The number of rotatable bonds is 3. The van der Waals surface area contributed by atoms with Gasteiger partial charge in [0.05, 0.1) is 0 Å². The molecule has 2 aromatic rings. The Hall–Kier alpha value is -0.990. The molecule has 0 aliphatic heterocycles. The summed E-state index contributed by atoms with van der Waals surface area (Å²) in [7, 11) is 0. The van der Waals surface area contributed by atoms with Crippen molar-refractivity contribution in [2.45, 2.75) is 6.61 Å². The molecule has 0 aliphatic carbocycles. The van der Waals surface area contributed by atoms with Gasteiger partial charge in [-0.25, -0.2) is 0 Å². The van der Waals surface area contributed by atoms with Crippen molar-refractivity contribution in [3.63, 3.8) is 0 Å². The summed E-state index contributed by atoms with van der Waals surface area (Å²) in [6, 6.07) is 15.4. The van der Waals surface area contributed by atoms with Gasteiger partial charge >= 0.3 is 0 Å². The number of halogens is 2. The summed E-state index contributed by atoms with van der Waals surface area (Å²) in [5, 5.41) is 0.742. The van der Waals surface area contributed by atoms with Crippen molar-refractivity contribution in [2.75, 3.05) is 0 Å². The molecule has 82 valence electrons. The molecule has 0 aliphatic rings. The third-order valence-corrected chi connectivity index (χ3v) is 2.86. The van der Waals surface area contributed by atoms with E-state index in [0.717, 1.165) is 20.8 Å². The normalized spacial score (nSPS) is 10.1. The van der Waals surface area contributed by atoms with Crippen LogP contribution in [-0.2, 0) is 6.61 Å². The Bertz CT molecular complexity index is 468. The van der Waals surface area contributed by atoms with Crippen LogP contribution in [0.4, 0.5) is 0 Å². The fourth-order valence-corrected chi connectivity index (χ4v) is 1.81. The Kier molecular flexibility index (Phi) is 3.86. The molecule has 0 aromatic heterocycles. The van der Waals surface area contributed by atoms with Gasteiger partial charge in [-0.05, 0) is 35.9 Å². The van der Waals surface area contributed by atoms with Crippen LogP contribution in [-0.4, -0.2) is 0 Å². The summed E-state index contributed by atoms with van der Waals surface area (Å²) in [5.41, 5.74) is 1.10. The molecule has 16 heavy (non-hydrogen) atoms. The third-order valence-electron chi connectivity index (χ3n) is 2.11. The highest BCUT2D eigenvalue weighted by molar-refractivity contribution is 9.10. The first-order chi connectivity index (χ1) is 7.74. The van der Waals surface area contributed by atoms with E-state index in [9.17, 15) is 0 Å². The second-order valence-electron chi connectivity index (χ2n) is 3.37. The summed E-state index contributed by atoms with van der Waals surface area (Å²) >= 11 is 9.20. The predicted octanol–water partition coefficient (Wildman–Crippen LogP) is 4.68. The summed E-state index contributed by atoms with van der Waals surface area (Å²) in [6.07, 6.45) is 0. The van der Waals surface area contributed by atoms with Gasteiger partial charge in [-0.3, -0.25) is 0 Å². The van der Waals surface area contributed by atoms with Gasteiger partial charge in [0.25, 0.3) is 0 Å².